The molecule has 3 N–H and O–H groups in total. The van der Waals surface area contributed by atoms with E-state index in [1.807, 2.05) is 12.1 Å². The Bertz CT molecular complexity index is 553. The predicted molar refractivity (Wildman–Crippen MR) is 73.8 cm³/mol. The molecule has 1 aliphatic carbocycles. The molecule has 1 aromatic heterocycles. The molecule has 1 fully saturated rings. The van der Waals surface area contributed by atoms with Gasteiger partial charge in [0, 0.05) is 17.1 Å². The standard InChI is InChI=1S/C15H20N2O/c1-18-13-7-5-6-11-12(10-17-14(11)13)15(16)8-3-2-4-9-15/h5-7,10,17H,2-4,8-9,16H2,1H3. The Hall–Kier alpha value is -1.48. The first kappa shape index (κ1) is 11.6. The number of fused-ring (bicyclic) bond motifs is 1. The summed E-state index contributed by atoms with van der Waals surface area (Å²) in [7, 11) is 1.70. The fourth-order valence-corrected chi connectivity index (χ4v) is 3.16. The zero-order valence-corrected chi connectivity index (χ0v) is 10.8. The molecule has 3 rings (SSSR count). The number of ether oxygens (including phenoxy) is 1. The average Bonchev–Trinajstić information content (AvgIpc) is 2.84. The quantitative estimate of drug-likeness (QED) is 0.851. The zero-order chi connectivity index (χ0) is 12.6. The van der Waals surface area contributed by atoms with Crippen molar-refractivity contribution < 1.29 is 4.74 Å². The number of nitrogens with one attached hydrogen (secondary N) is 1. The third-order valence-corrected chi connectivity index (χ3v) is 4.18. The number of rotatable bonds is 2. The van der Waals surface area contributed by atoms with Gasteiger partial charge < -0.3 is 15.5 Å². The maximum absolute atomic E-state index is 6.62. The van der Waals surface area contributed by atoms with E-state index in [0.717, 1.165) is 24.1 Å². The van der Waals surface area contributed by atoms with Gasteiger partial charge in [0.05, 0.1) is 12.6 Å². The van der Waals surface area contributed by atoms with Crippen LogP contribution in [-0.2, 0) is 5.54 Å². The van der Waals surface area contributed by atoms with E-state index < -0.39 is 0 Å². The highest BCUT2D eigenvalue weighted by Gasteiger charge is 2.31. The van der Waals surface area contributed by atoms with E-state index >= 15 is 0 Å². The highest BCUT2D eigenvalue weighted by molar-refractivity contribution is 5.89. The minimum Gasteiger partial charge on any atom is -0.495 e. The average molecular weight is 244 g/mol. The number of aromatic amines is 1. The Kier molecular flexibility index (Phi) is 2.78. The molecule has 0 saturated heterocycles. The molecule has 1 aliphatic rings. The first-order chi connectivity index (χ1) is 8.74. The van der Waals surface area contributed by atoms with Crippen LogP contribution in [-0.4, -0.2) is 12.1 Å². The van der Waals surface area contributed by atoms with Gasteiger partial charge in [0.1, 0.15) is 5.75 Å². The fraction of sp³-hybridized carbons (Fsp3) is 0.467. The van der Waals surface area contributed by atoms with E-state index in [-0.39, 0.29) is 5.54 Å². The number of aromatic nitrogens is 1. The van der Waals surface area contributed by atoms with E-state index in [2.05, 4.69) is 17.2 Å². The first-order valence-electron chi connectivity index (χ1n) is 6.68. The van der Waals surface area contributed by atoms with Gasteiger partial charge in [0.2, 0.25) is 0 Å². The van der Waals surface area contributed by atoms with Gasteiger partial charge in [0.25, 0.3) is 0 Å². The molecule has 96 valence electrons. The van der Waals surface area contributed by atoms with Crippen molar-refractivity contribution in [3.63, 3.8) is 0 Å². The second-order valence-corrected chi connectivity index (χ2v) is 5.30. The third-order valence-electron chi connectivity index (χ3n) is 4.18. The Morgan fingerprint density at radius 1 is 1.22 bits per heavy atom. The Labute approximate surface area is 107 Å². The van der Waals surface area contributed by atoms with Crippen LogP contribution >= 0.6 is 0 Å². The van der Waals surface area contributed by atoms with Crippen LogP contribution in [0.3, 0.4) is 0 Å². The number of hydrogen-bond acceptors (Lipinski definition) is 2. The summed E-state index contributed by atoms with van der Waals surface area (Å²) < 4.78 is 5.39. The van der Waals surface area contributed by atoms with Crippen LogP contribution in [0.2, 0.25) is 0 Å². The highest BCUT2D eigenvalue weighted by atomic mass is 16.5. The maximum Gasteiger partial charge on any atom is 0.142 e. The van der Waals surface area contributed by atoms with Gasteiger partial charge >= 0.3 is 0 Å². The smallest absolute Gasteiger partial charge is 0.142 e. The summed E-state index contributed by atoms with van der Waals surface area (Å²) in [5.41, 5.74) is 8.76. The molecular formula is C15H20N2O. The van der Waals surface area contributed by atoms with Gasteiger partial charge in [-0.25, -0.2) is 0 Å². The molecule has 0 aliphatic heterocycles. The molecular weight excluding hydrogens is 224 g/mol. The van der Waals surface area contributed by atoms with Crippen molar-refractivity contribution in [1.82, 2.24) is 4.98 Å². The van der Waals surface area contributed by atoms with Crippen molar-refractivity contribution in [3.05, 3.63) is 30.0 Å². The first-order valence-corrected chi connectivity index (χ1v) is 6.68. The minimum atomic E-state index is -0.164. The molecule has 0 unspecified atom stereocenters. The number of nitrogens with two attached hydrogens (primary N) is 1. The summed E-state index contributed by atoms with van der Waals surface area (Å²) in [6.07, 6.45) is 8.00. The fourth-order valence-electron chi connectivity index (χ4n) is 3.16. The SMILES string of the molecule is COc1cccc2c(C3(N)CCCCC3)c[nH]c12. The van der Waals surface area contributed by atoms with Crippen LogP contribution in [0.15, 0.2) is 24.4 Å². The van der Waals surface area contributed by atoms with Crippen molar-refractivity contribution >= 4 is 10.9 Å². The van der Waals surface area contributed by atoms with Gasteiger partial charge in [-0.1, -0.05) is 31.4 Å². The summed E-state index contributed by atoms with van der Waals surface area (Å²) in [4.78, 5) is 3.33. The summed E-state index contributed by atoms with van der Waals surface area (Å²) in [6.45, 7) is 0. The van der Waals surface area contributed by atoms with E-state index in [0.29, 0.717) is 0 Å². The van der Waals surface area contributed by atoms with Crippen molar-refractivity contribution in [2.75, 3.05) is 7.11 Å². The van der Waals surface area contributed by atoms with Crippen molar-refractivity contribution in [2.24, 2.45) is 5.73 Å². The lowest BCUT2D eigenvalue weighted by atomic mass is 9.77. The number of para-hydroxylation sites is 1. The van der Waals surface area contributed by atoms with Gasteiger partial charge in [-0.3, -0.25) is 0 Å². The lowest BCUT2D eigenvalue weighted by Gasteiger charge is -2.33. The Morgan fingerprint density at radius 3 is 2.72 bits per heavy atom. The normalized spacial score (nSPS) is 19.0. The molecule has 0 amide bonds. The Balaban J connectivity index is 2.12. The third kappa shape index (κ3) is 1.70. The second kappa shape index (κ2) is 4.32. The Morgan fingerprint density at radius 2 is 2.00 bits per heavy atom. The van der Waals surface area contributed by atoms with Crippen LogP contribution in [0.5, 0.6) is 5.75 Å². The molecule has 18 heavy (non-hydrogen) atoms. The van der Waals surface area contributed by atoms with E-state index in [1.165, 1.54) is 30.2 Å². The van der Waals surface area contributed by atoms with Crippen molar-refractivity contribution in [3.8, 4) is 5.75 Å². The minimum absolute atomic E-state index is 0.164. The van der Waals surface area contributed by atoms with Gasteiger partial charge in [-0.15, -0.1) is 0 Å². The number of H-pyrrole nitrogens is 1. The second-order valence-electron chi connectivity index (χ2n) is 5.30. The molecule has 0 radical (unpaired) electrons. The molecule has 1 saturated carbocycles. The molecule has 1 aromatic carbocycles. The summed E-state index contributed by atoms with van der Waals surface area (Å²) in [6, 6.07) is 6.14. The van der Waals surface area contributed by atoms with E-state index in [4.69, 9.17) is 10.5 Å². The molecule has 0 spiro atoms. The molecule has 2 aromatic rings. The van der Waals surface area contributed by atoms with Gasteiger partial charge in [-0.2, -0.15) is 0 Å². The van der Waals surface area contributed by atoms with Crippen LogP contribution in [0.4, 0.5) is 0 Å². The molecule has 0 bridgehead atoms. The van der Waals surface area contributed by atoms with Crippen LogP contribution in [0.1, 0.15) is 37.7 Å². The maximum atomic E-state index is 6.62. The summed E-state index contributed by atoms with van der Waals surface area (Å²) in [5.74, 6) is 0.887. The van der Waals surface area contributed by atoms with E-state index in [9.17, 15) is 0 Å². The summed E-state index contributed by atoms with van der Waals surface area (Å²) in [5, 5.41) is 1.21. The lowest BCUT2D eigenvalue weighted by Crippen LogP contribution is -2.38. The molecule has 0 atom stereocenters. The van der Waals surface area contributed by atoms with Crippen molar-refractivity contribution in [1.29, 1.82) is 0 Å². The predicted octanol–water partition coefficient (Wildman–Crippen LogP) is 3.29. The topological polar surface area (TPSA) is 51.0 Å². The number of hydrogen-bond donors (Lipinski definition) is 2. The molecule has 1 heterocycles. The zero-order valence-electron chi connectivity index (χ0n) is 10.8. The molecule has 3 heteroatoms. The lowest BCUT2D eigenvalue weighted by molar-refractivity contribution is 0.304. The van der Waals surface area contributed by atoms with Gasteiger partial charge in [0.15, 0.2) is 0 Å². The number of benzene rings is 1. The van der Waals surface area contributed by atoms with E-state index in [1.54, 1.807) is 7.11 Å². The van der Waals surface area contributed by atoms with Crippen molar-refractivity contribution in [2.45, 2.75) is 37.6 Å². The molecule has 3 nitrogen and oxygen atoms in total. The number of methoxy groups -OCH3 is 1. The van der Waals surface area contributed by atoms with Crippen LogP contribution < -0.4 is 10.5 Å². The van der Waals surface area contributed by atoms with Crippen LogP contribution in [0.25, 0.3) is 10.9 Å². The monoisotopic (exact) mass is 244 g/mol. The van der Waals surface area contributed by atoms with Gasteiger partial charge in [-0.05, 0) is 24.5 Å². The highest BCUT2D eigenvalue weighted by Crippen LogP contribution is 2.39. The van der Waals surface area contributed by atoms with Crippen LogP contribution in [0, 0.1) is 0 Å². The summed E-state index contributed by atoms with van der Waals surface area (Å²) >= 11 is 0. The largest absolute Gasteiger partial charge is 0.495 e.